The van der Waals surface area contributed by atoms with E-state index in [0.717, 1.165) is 74.6 Å². The number of aromatic nitrogens is 7. The van der Waals surface area contributed by atoms with E-state index in [2.05, 4.69) is 47.2 Å². The molecule has 6 aromatic rings. The van der Waals surface area contributed by atoms with Gasteiger partial charge in [0.15, 0.2) is 0 Å². The molecule has 0 amide bonds. The zero-order valence-electron chi connectivity index (χ0n) is 18.7. The van der Waals surface area contributed by atoms with Crippen LogP contribution in [0, 0.1) is 0 Å². The molecule has 170 valence electrons. The van der Waals surface area contributed by atoms with Gasteiger partial charge in [0.1, 0.15) is 17.2 Å². The first-order valence-electron chi connectivity index (χ1n) is 11.4. The van der Waals surface area contributed by atoms with Gasteiger partial charge in [-0.1, -0.05) is 6.07 Å². The van der Waals surface area contributed by atoms with Gasteiger partial charge >= 0.3 is 0 Å². The summed E-state index contributed by atoms with van der Waals surface area (Å²) in [5, 5.41) is 9.81. The third-order valence-corrected chi connectivity index (χ3v) is 6.49. The Morgan fingerprint density at radius 1 is 0.886 bits per heavy atom. The summed E-state index contributed by atoms with van der Waals surface area (Å²) in [4.78, 5) is 23.5. The molecule has 9 heteroatoms. The highest BCUT2D eigenvalue weighted by Crippen LogP contribution is 2.34. The Labute approximate surface area is 200 Å². The summed E-state index contributed by atoms with van der Waals surface area (Å²) >= 11 is 0. The lowest BCUT2D eigenvalue weighted by Crippen LogP contribution is -2.56. The Morgan fingerprint density at radius 3 is 2.63 bits per heavy atom. The fourth-order valence-electron chi connectivity index (χ4n) is 4.66. The maximum absolute atomic E-state index is 5.94. The fourth-order valence-corrected chi connectivity index (χ4v) is 4.66. The molecule has 0 unspecified atom stereocenters. The maximum Gasteiger partial charge on any atom is 0.147 e. The molecular weight excluding hydrogens is 438 g/mol. The van der Waals surface area contributed by atoms with E-state index in [1.54, 1.807) is 24.8 Å². The third-order valence-electron chi connectivity index (χ3n) is 6.49. The summed E-state index contributed by atoms with van der Waals surface area (Å²) in [6, 6.07) is 14.5. The van der Waals surface area contributed by atoms with Gasteiger partial charge in [0.2, 0.25) is 0 Å². The van der Waals surface area contributed by atoms with Crippen molar-refractivity contribution in [1.29, 1.82) is 0 Å². The quantitative estimate of drug-likeness (QED) is 0.366. The molecule has 1 fully saturated rings. The summed E-state index contributed by atoms with van der Waals surface area (Å²) in [5.41, 5.74) is 13.4. The first-order chi connectivity index (χ1) is 17.2. The van der Waals surface area contributed by atoms with Crippen LogP contribution in [-0.4, -0.2) is 54.2 Å². The molecule has 0 radical (unpaired) electrons. The van der Waals surface area contributed by atoms with E-state index >= 15 is 0 Å². The molecule has 0 atom stereocenters. The van der Waals surface area contributed by atoms with E-state index in [4.69, 9.17) is 10.7 Å². The zero-order chi connectivity index (χ0) is 23.4. The van der Waals surface area contributed by atoms with Crippen molar-refractivity contribution in [2.45, 2.75) is 6.04 Å². The van der Waals surface area contributed by atoms with Gasteiger partial charge in [-0.05, 0) is 47.5 Å². The molecule has 1 aromatic carbocycles. The van der Waals surface area contributed by atoms with Crippen molar-refractivity contribution >= 4 is 27.8 Å². The van der Waals surface area contributed by atoms with Crippen molar-refractivity contribution < 1.29 is 0 Å². The highest BCUT2D eigenvalue weighted by atomic mass is 15.3. The minimum Gasteiger partial charge on any atom is -0.352 e. The van der Waals surface area contributed by atoms with Crippen LogP contribution in [0.15, 0.2) is 73.4 Å². The van der Waals surface area contributed by atoms with Crippen molar-refractivity contribution in [2.24, 2.45) is 5.73 Å². The Balaban J connectivity index is 1.31. The van der Waals surface area contributed by atoms with Crippen LogP contribution < -0.4 is 10.6 Å². The first kappa shape index (κ1) is 19.8. The normalized spacial score (nSPS) is 14.0. The second-order valence-electron chi connectivity index (χ2n) is 8.80. The number of rotatable bonds is 4. The summed E-state index contributed by atoms with van der Waals surface area (Å²) < 4.78 is 0. The molecule has 9 nitrogen and oxygen atoms in total. The molecule has 35 heavy (non-hydrogen) atoms. The Hall–Kier alpha value is -4.63. The van der Waals surface area contributed by atoms with Crippen molar-refractivity contribution in [3.8, 4) is 33.8 Å². The van der Waals surface area contributed by atoms with Crippen LogP contribution in [0.25, 0.3) is 55.7 Å². The Morgan fingerprint density at radius 2 is 1.77 bits per heavy atom. The predicted octanol–water partition coefficient (Wildman–Crippen LogP) is 3.77. The van der Waals surface area contributed by atoms with E-state index in [1.165, 1.54) is 0 Å². The van der Waals surface area contributed by atoms with Gasteiger partial charge in [-0.15, -0.1) is 0 Å². The standard InChI is InChI=1S/C26H21N9/c27-17-13-35(14-17)24-12-29-11-23(31-24)16-1-2-21-20(9-16)25(34-33-21)22-10-19-18(5-8-30-26(19)32-22)15-3-6-28-7-4-15/h1-12,17H,13-14,27H2,(H,30,32)(H,33,34). The molecule has 7 rings (SSSR count). The number of fused-ring (bicyclic) bond motifs is 2. The largest absolute Gasteiger partial charge is 0.352 e. The molecule has 6 heterocycles. The van der Waals surface area contributed by atoms with Crippen LogP contribution in [0.5, 0.6) is 0 Å². The molecular formula is C26H21N9. The molecule has 0 saturated carbocycles. The molecule has 1 aliphatic rings. The van der Waals surface area contributed by atoms with Crippen LogP contribution in [-0.2, 0) is 0 Å². The van der Waals surface area contributed by atoms with Crippen molar-refractivity contribution in [3.63, 3.8) is 0 Å². The lowest BCUT2D eigenvalue weighted by atomic mass is 10.0. The van der Waals surface area contributed by atoms with Gasteiger partial charge in [0, 0.05) is 54.1 Å². The lowest BCUT2D eigenvalue weighted by molar-refractivity contribution is 0.514. The number of pyridine rings is 2. The SMILES string of the molecule is NC1CN(c2cncc(-c3ccc4[nH]nc(-c5cc6c(-c7ccncc7)ccnc6[nH]5)c4c3)n2)C1. The number of anilines is 1. The fraction of sp³-hybridized carbons (Fsp3) is 0.115. The van der Waals surface area contributed by atoms with E-state index in [1.807, 2.05) is 36.5 Å². The van der Waals surface area contributed by atoms with Gasteiger partial charge in [0.05, 0.1) is 29.3 Å². The summed E-state index contributed by atoms with van der Waals surface area (Å²) in [5.74, 6) is 0.849. The summed E-state index contributed by atoms with van der Waals surface area (Å²) in [6.45, 7) is 1.61. The Kier molecular flexibility index (Phi) is 4.36. The molecule has 5 aromatic heterocycles. The second-order valence-corrected chi connectivity index (χ2v) is 8.80. The molecule has 1 saturated heterocycles. The lowest BCUT2D eigenvalue weighted by Gasteiger charge is -2.37. The maximum atomic E-state index is 5.94. The molecule has 4 N–H and O–H groups in total. The van der Waals surface area contributed by atoms with Crippen LogP contribution >= 0.6 is 0 Å². The number of nitrogens with one attached hydrogen (secondary N) is 2. The van der Waals surface area contributed by atoms with Crippen molar-refractivity contribution in [2.75, 3.05) is 18.0 Å². The number of aromatic amines is 2. The smallest absolute Gasteiger partial charge is 0.147 e. The van der Waals surface area contributed by atoms with Crippen molar-refractivity contribution in [1.82, 2.24) is 35.1 Å². The van der Waals surface area contributed by atoms with E-state index in [9.17, 15) is 0 Å². The molecule has 0 spiro atoms. The van der Waals surface area contributed by atoms with Gasteiger partial charge in [-0.2, -0.15) is 5.10 Å². The molecule has 0 aliphatic carbocycles. The van der Waals surface area contributed by atoms with E-state index in [0.29, 0.717) is 0 Å². The minimum atomic E-state index is 0.204. The number of nitrogens with zero attached hydrogens (tertiary/aromatic N) is 6. The number of benzene rings is 1. The van der Waals surface area contributed by atoms with Gasteiger partial charge < -0.3 is 15.6 Å². The van der Waals surface area contributed by atoms with Crippen LogP contribution in [0.1, 0.15) is 0 Å². The van der Waals surface area contributed by atoms with Gasteiger partial charge in [0.25, 0.3) is 0 Å². The second kappa shape index (κ2) is 7.71. The average Bonchev–Trinajstić information content (AvgIpc) is 3.51. The minimum absolute atomic E-state index is 0.204. The number of nitrogens with two attached hydrogens (primary N) is 1. The zero-order valence-corrected chi connectivity index (χ0v) is 18.7. The summed E-state index contributed by atoms with van der Waals surface area (Å²) in [6.07, 6.45) is 8.99. The monoisotopic (exact) mass is 459 g/mol. The summed E-state index contributed by atoms with van der Waals surface area (Å²) in [7, 11) is 0. The first-order valence-corrected chi connectivity index (χ1v) is 11.4. The van der Waals surface area contributed by atoms with Gasteiger partial charge in [-0.3, -0.25) is 15.1 Å². The molecule has 0 bridgehead atoms. The average molecular weight is 460 g/mol. The Bertz CT molecular complexity index is 1680. The van der Waals surface area contributed by atoms with Crippen molar-refractivity contribution in [3.05, 3.63) is 73.4 Å². The van der Waals surface area contributed by atoms with Crippen LogP contribution in [0.4, 0.5) is 5.82 Å². The highest BCUT2D eigenvalue weighted by molar-refractivity contribution is 6.00. The van der Waals surface area contributed by atoms with E-state index in [-0.39, 0.29) is 6.04 Å². The number of hydrogen-bond donors (Lipinski definition) is 3. The highest BCUT2D eigenvalue weighted by Gasteiger charge is 2.24. The van der Waals surface area contributed by atoms with Crippen LogP contribution in [0.2, 0.25) is 0 Å². The molecule has 1 aliphatic heterocycles. The number of H-pyrrole nitrogens is 2. The number of hydrogen-bond acceptors (Lipinski definition) is 7. The topological polar surface area (TPSA) is 125 Å². The third kappa shape index (κ3) is 3.32. The van der Waals surface area contributed by atoms with Crippen LogP contribution in [0.3, 0.4) is 0 Å². The van der Waals surface area contributed by atoms with Gasteiger partial charge in [-0.25, -0.2) is 9.97 Å². The van der Waals surface area contributed by atoms with E-state index < -0.39 is 0 Å². The predicted molar refractivity (Wildman–Crippen MR) is 136 cm³/mol.